The molecule has 0 amide bonds. The lowest BCUT2D eigenvalue weighted by atomic mass is 10.1. The fraction of sp³-hybridized carbons (Fsp3) is 0.182. The molecule has 4 nitrogen and oxygen atoms in total. The summed E-state index contributed by atoms with van der Waals surface area (Å²) in [4.78, 5) is 11.4. The third kappa shape index (κ3) is 3.27. The molecule has 0 spiro atoms. The minimum atomic E-state index is -0.280. The van der Waals surface area contributed by atoms with Crippen molar-refractivity contribution in [1.29, 1.82) is 0 Å². The number of halogens is 3. The number of hydrogen-bond acceptors (Lipinski definition) is 4. The van der Waals surface area contributed by atoms with Gasteiger partial charge in [0, 0.05) is 0 Å². The Balaban J connectivity index is 2.15. The smallest absolute Gasteiger partial charge is 0.228 e. The summed E-state index contributed by atoms with van der Waals surface area (Å²) < 4.78 is 12.8. The summed E-state index contributed by atoms with van der Waals surface area (Å²) in [6, 6.07) is 6.02. The number of anilines is 1. The van der Waals surface area contributed by atoms with Gasteiger partial charge in [0.2, 0.25) is 16.5 Å². The average Bonchev–Trinajstić information content (AvgIpc) is 2.28. The molecule has 0 aliphatic carbocycles. The first-order valence-electron chi connectivity index (χ1n) is 5.13. The Hall–Kier alpha value is -1.46. The van der Waals surface area contributed by atoms with E-state index in [1.54, 1.807) is 12.1 Å². The lowest BCUT2D eigenvalue weighted by Crippen LogP contribution is -2.10. The summed E-state index contributed by atoms with van der Waals surface area (Å²) in [6.45, 7) is 1.89. The van der Waals surface area contributed by atoms with Crippen molar-refractivity contribution in [2.24, 2.45) is 0 Å². The molecule has 1 atom stereocenters. The Morgan fingerprint density at radius 2 is 1.61 bits per heavy atom. The first-order chi connectivity index (χ1) is 8.54. The largest absolute Gasteiger partial charge is 0.348 e. The third-order valence-corrected chi connectivity index (χ3v) is 2.63. The van der Waals surface area contributed by atoms with Gasteiger partial charge in [0.25, 0.3) is 0 Å². The van der Waals surface area contributed by atoms with Crippen molar-refractivity contribution in [1.82, 2.24) is 15.0 Å². The summed E-state index contributed by atoms with van der Waals surface area (Å²) in [5, 5.41) is 3.04. The van der Waals surface area contributed by atoms with E-state index < -0.39 is 0 Å². The first kappa shape index (κ1) is 13.0. The van der Waals surface area contributed by atoms with Crippen molar-refractivity contribution in [2.75, 3.05) is 5.32 Å². The summed E-state index contributed by atoms with van der Waals surface area (Å²) in [7, 11) is 0. The predicted molar refractivity (Wildman–Crippen MR) is 68.3 cm³/mol. The van der Waals surface area contributed by atoms with E-state index in [-0.39, 0.29) is 28.4 Å². The molecule has 2 rings (SSSR count). The van der Waals surface area contributed by atoms with Crippen LogP contribution in [-0.2, 0) is 0 Å². The van der Waals surface area contributed by atoms with Gasteiger partial charge in [0.15, 0.2) is 0 Å². The van der Waals surface area contributed by atoms with Crippen molar-refractivity contribution in [3.05, 3.63) is 46.2 Å². The average molecular weight is 287 g/mol. The van der Waals surface area contributed by atoms with Crippen molar-refractivity contribution in [3.8, 4) is 0 Å². The molecule has 1 heterocycles. The van der Waals surface area contributed by atoms with Crippen LogP contribution in [0, 0.1) is 5.82 Å². The molecule has 0 aliphatic rings. The summed E-state index contributed by atoms with van der Waals surface area (Å²) in [5.74, 6) is -0.00553. The standard InChI is InChI=1S/C11H9Cl2FN4/c1-6(7-2-4-8(14)5-3-7)15-11-17-9(12)16-10(13)18-11/h2-6H,1H3,(H,15,16,17,18). The maximum absolute atomic E-state index is 12.8. The van der Waals surface area contributed by atoms with Crippen LogP contribution >= 0.6 is 23.2 Å². The molecule has 1 aromatic heterocycles. The number of hydrogen-bond donors (Lipinski definition) is 1. The van der Waals surface area contributed by atoms with E-state index in [4.69, 9.17) is 23.2 Å². The van der Waals surface area contributed by atoms with Crippen LogP contribution < -0.4 is 5.32 Å². The number of nitrogens with one attached hydrogen (secondary N) is 1. The van der Waals surface area contributed by atoms with E-state index in [1.807, 2.05) is 6.92 Å². The monoisotopic (exact) mass is 286 g/mol. The van der Waals surface area contributed by atoms with Gasteiger partial charge in [0.05, 0.1) is 6.04 Å². The number of aromatic nitrogens is 3. The molecule has 94 valence electrons. The maximum atomic E-state index is 12.8. The third-order valence-electron chi connectivity index (χ3n) is 2.30. The first-order valence-corrected chi connectivity index (χ1v) is 5.89. The van der Waals surface area contributed by atoms with Crippen LogP contribution in [0.15, 0.2) is 24.3 Å². The Morgan fingerprint density at radius 3 is 2.17 bits per heavy atom. The molecule has 0 fully saturated rings. The zero-order valence-electron chi connectivity index (χ0n) is 9.36. The second-order valence-corrected chi connectivity index (χ2v) is 4.29. The van der Waals surface area contributed by atoms with Crippen LogP contribution in [0.25, 0.3) is 0 Å². The van der Waals surface area contributed by atoms with Crippen LogP contribution in [0.2, 0.25) is 10.6 Å². The van der Waals surface area contributed by atoms with E-state index in [0.717, 1.165) is 5.56 Å². The van der Waals surface area contributed by atoms with E-state index in [1.165, 1.54) is 12.1 Å². The minimum Gasteiger partial charge on any atom is -0.348 e. The number of benzene rings is 1. The van der Waals surface area contributed by atoms with Gasteiger partial charge < -0.3 is 5.32 Å². The number of rotatable bonds is 3. The highest BCUT2D eigenvalue weighted by molar-refractivity contribution is 6.31. The van der Waals surface area contributed by atoms with Crippen LogP contribution in [0.4, 0.5) is 10.3 Å². The van der Waals surface area contributed by atoms with E-state index in [9.17, 15) is 4.39 Å². The molecule has 18 heavy (non-hydrogen) atoms. The molecular formula is C11H9Cl2FN4. The van der Waals surface area contributed by atoms with Gasteiger partial charge in [-0.25, -0.2) is 4.39 Å². The lowest BCUT2D eigenvalue weighted by Gasteiger charge is -2.14. The Morgan fingerprint density at radius 1 is 1.06 bits per heavy atom. The molecule has 1 N–H and O–H groups in total. The fourth-order valence-electron chi connectivity index (χ4n) is 1.42. The highest BCUT2D eigenvalue weighted by atomic mass is 35.5. The molecule has 0 saturated carbocycles. The van der Waals surface area contributed by atoms with Crippen LogP contribution in [0.1, 0.15) is 18.5 Å². The van der Waals surface area contributed by atoms with Crippen molar-refractivity contribution >= 4 is 29.2 Å². The molecule has 0 radical (unpaired) electrons. The van der Waals surface area contributed by atoms with Crippen molar-refractivity contribution < 1.29 is 4.39 Å². The van der Waals surface area contributed by atoms with E-state index in [2.05, 4.69) is 20.3 Å². The quantitative estimate of drug-likeness (QED) is 0.938. The second kappa shape index (κ2) is 5.46. The Kier molecular flexibility index (Phi) is 3.93. The van der Waals surface area contributed by atoms with Gasteiger partial charge in [-0.2, -0.15) is 15.0 Å². The Labute approximate surface area is 113 Å². The van der Waals surface area contributed by atoms with E-state index >= 15 is 0 Å². The second-order valence-electron chi connectivity index (χ2n) is 3.61. The minimum absolute atomic E-state index is 0.0174. The molecule has 0 saturated heterocycles. The molecule has 0 bridgehead atoms. The van der Waals surface area contributed by atoms with E-state index in [0.29, 0.717) is 0 Å². The van der Waals surface area contributed by atoms with Gasteiger partial charge in [-0.05, 0) is 47.8 Å². The number of nitrogens with zero attached hydrogens (tertiary/aromatic N) is 3. The summed E-state index contributed by atoms with van der Waals surface area (Å²) >= 11 is 11.3. The topological polar surface area (TPSA) is 50.7 Å². The van der Waals surface area contributed by atoms with Gasteiger partial charge in [0.1, 0.15) is 5.82 Å². The lowest BCUT2D eigenvalue weighted by molar-refractivity contribution is 0.626. The zero-order valence-corrected chi connectivity index (χ0v) is 10.9. The van der Waals surface area contributed by atoms with Crippen LogP contribution in [0.3, 0.4) is 0 Å². The molecule has 1 aromatic carbocycles. The van der Waals surface area contributed by atoms with Gasteiger partial charge in [-0.1, -0.05) is 12.1 Å². The fourth-order valence-corrected chi connectivity index (χ4v) is 1.78. The summed E-state index contributed by atoms with van der Waals surface area (Å²) in [6.07, 6.45) is 0. The molecular weight excluding hydrogens is 278 g/mol. The normalized spacial score (nSPS) is 12.2. The van der Waals surface area contributed by atoms with Gasteiger partial charge >= 0.3 is 0 Å². The van der Waals surface area contributed by atoms with Gasteiger partial charge in [-0.15, -0.1) is 0 Å². The molecule has 7 heteroatoms. The van der Waals surface area contributed by atoms with Crippen molar-refractivity contribution in [2.45, 2.75) is 13.0 Å². The predicted octanol–water partition coefficient (Wildman–Crippen LogP) is 3.49. The molecule has 2 aromatic rings. The van der Waals surface area contributed by atoms with Crippen LogP contribution in [-0.4, -0.2) is 15.0 Å². The highest BCUT2D eigenvalue weighted by Crippen LogP contribution is 2.18. The van der Waals surface area contributed by atoms with Gasteiger partial charge in [-0.3, -0.25) is 0 Å². The van der Waals surface area contributed by atoms with Crippen molar-refractivity contribution in [3.63, 3.8) is 0 Å². The highest BCUT2D eigenvalue weighted by Gasteiger charge is 2.09. The Bertz CT molecular complexity index is 527. The summed E-state index contributed by atoms with van der Waals surface area (Å²) in [5.41, 5.74) is 0.893. The molecule has 1 unspecified atom stereocenters. The zero-order chi connectivity index (χ0) is 13.1. The SMILES string of the molecule is CC(Nc1nc(Cl)nc(Cl)n1)c1ccc(F)cc1. The maximum Gasteiger partial charge on any atom is 0.228 e. The molecule has 0 aliphatic heterocycles. The van der Waals surface area contributed by atoms with Crippen LogP contribution in [0.5, 0.6) is 0 Å².